The van der Waals surface area contributed by atoms with Gasteiger partial charge in [-0.2, -0.15) is 13.2 Å². The molecule has 8 nitrogen and oxygen atoms in total. The number of halogens is 4. The first-order valence-electron chi connectivity index (χ1n) is 19.3. The number of hydrogen-bond acceptors (Lipinski definition) is 5. The van der Waals surface area contributed by atoms with Crippen LogP contribution in [0.1, 0.15) is 108 Å². The van der Waals surface area contributed by atoms with Gasteiger partial charge >= 0.3 is 6.18 Å². The van der Waals surface area contributed by atoms with Gasteiger partial charge in [0.05, 0.1) is 17.2 Å². The van der Waals surface area contributed by atoms with E-state index in [0.29, 0.717) is 55.2 Å². The zero-order valence-corrected chi connectivity index (χ0v) is 31.6. The number of carbonyl (C=O) groups is 4. The number of aryl methyl sites for hydroxylation is 1. The molecule has 1 fully saturated rings. The van der Waals surface area contributed by atoms with Crippen molar-refractivity contribution in [2.45, 2.75) is 129 Å². The third-order valence-electron chi connectivity index (χ3n) is 12.1. The average Bonchev–Trinajstić information content (AvgIpc) is 3.51. The maximum Gasteiger partial charge on any atom is 0.418 e. The zero-order chi connectivity index (χ0) is 39.4. The van der Waals surface area contributed by atoms with Gasteiger partial charge in [-0.1, -0.05) is 70.9 Å². The molecule has 0 aliphatic heterocycles. The Labute approximate surface area is 314 Å². The van der Waals surface area contributed by atoms with Gasteiger partial charge in [0.1, 0.15) is 17.1 Å². The van der Waals surface area contributed by atoms with Gasteiger partial charge in [-0.3, -0.25) is 19.2 Å². The fourth-order valence-corrected chi connectivity index (χ4v) is 8.22. The van der Waals surface area contributed by atoms with Crippen LogP contribution in [0.25, 0.3) is 10.9 Å². The summed E-state index contributed by atoms with van der Waals surface area (Å²) < 4.78 is 56.7. The molecule has 1 aromatic heterocycles. The second-order valence-electron chi connectivity index (χ2n) is 15.7. The molecule has 3 aromatic rings. The normalized spacial score (nSPS) is 22.5. The molecule has 12 heteroatoms. The van der Waals surface area contributed by atoms with Crippen molar-refractivity contribution >= 4 is 34.3 Å². The molecule has 54 heavy (non-hydrogen) atoms. The van der Waals surface area contributed by atoms with E-state index >= 15 is 0 Å². The van der Waals surface area contributed by atoms with Crippen LogP contribution in [0.4, 0.5) is 17.6 Å². The molecule has 0 spiro atoms. The third-order valence-corrected chi connectivity index (χ3v) is 12.1. The molecule has 5 rings (SSSR count). The second kappa shape index (κ2) is 17.2. The van der Waals surface area contributed by atoms with Crippen LogP contribution in [-0.4, -0.2) is 51.2 Å². The van der Waals surface area contributed by atoms with Crippen LogP contribution in [0.3, 0.4) is 0 Å². The predicted molar refractivity (Wildman–Crippen MR) is 198 cm³/mol. The fraction of sp³-hybridized carbons (Fsp3) is 0.571. The van der Waals surface area contributed by atoms with E-state index in [1.165, 1.54) is 24.3 Å². The summed E-state index contributed by atoms with van der Waals surface area (Å²) in [6.07, 6.45) is -2.00. The number of aromatic amines is 1. The highest BCUT2D eigenvalue weighted by atomic mass is 19.4. The lowest BCUT2D eigenvalue weighted by atomic mass is 9.72. The fourth-order valence-electron chi connectivity index (χ4n) is 8.22. The van der Waals surface area contributed by atoms with E-state index in [4.69, 9.17) is 0 Å². The number of alkyl halides is 3. The molecule has 294 valence electrons. The Bertz CT molecular complexity index is 1830. The highest BCUT2D eigenvalue weighted by molar-refractivity contribution is 5.99. The molecule has 4 N–H and O–H groups in total. The van der Waals surface area contributed by atoms with Crippen molar-refractivity contribution in [3.63, 3.8) is 0 Å². The summed E-state index contributed by atoms with van der Waals surface area (Å²) in [5.41, 5.74) is -1.23. The summed E-state index contributed by atoms with van der Waals surface area (Å²) in [6.45, 7) is 7.54. The largest absolute Gasteiger partial charge is 0.418 e. The standard InChI is InChI=1S/C42H53F4N3O5/c1-5-24(3)31(21-29(51)20-26-10-7-8-13-35(26)43)40(54)49-41(19-18-36-33(23-41)30-11-9-12-34(38(30)48-36)42(44,45)46)37(52)22-32(25(4)6-2)39(53)47-27-14-16-28(50)17-15-27/h7-13,24-25,27-28,31-32,48,50H,5-6,14-23H2,1-4H3,(H,47,53)(H,49,54)/t24?,25?,27?,28?,31-,32-,41+/m0/s1. The molecule has 2 unspecified atom stereocenters. The van der Waals surface area contributed by atoms with Crippen molar-refractivity contribution in [1.29, 1.82) is 0 Å². The van der Waals surface area contributed by atoms with Crippen LogP contribution < -0.4 is 10.6 Å². The minimum absolute atomic E-state index is 0.0739. The van der Waals surface area contributed by atoms with Gasteiger partial charge in [0.2, 0.25) is 11.8 Å². The molecule has 1 heterocycles. The Morgan fingerprint density at radius 3 is 2.19 bits per heavy atom. The van der Waals surface area contributed by atoms with E-state index in [1.807, 2.05) is 27.7 Å². The number of para-hydroxylation sites is 1. The Hall–Kier alpha value is -4.06. The SMILES string of the molecule is CCC(C)[C@H](CC(=O)[C@@]1(NC(=O)[C@@H](CC(=O)Cc2ccccc2F)C(C)CC)CCc2[nH]c3c(C(F)(F)F)cccc3c2C1)C(=O)NC1CCC(O)CC1. The van der Waals surface area contributed by atoms with E-state index in [2.05, 4.69) is 15.6 Å². The number of aliphatic hydroxyl groups is 1. The molecule has 0 bridgehead atoms. The Morgan fingerprint density at radius 1 is 0.907 bits per heavy atom. The summed E-state index contributed by atoms with van der Waals surface area (Å²) in [7, 11) is 0. The van der Waals surface area contributed by atoms with Crippen LogP contribution in [-0.2, 0) is 44.6 Å². The molecule has 5 atom stereocenters. The van der Waals surface area contributed by atoms with Crippen LogP contribution in [0.15, 0.2) is 42.5 Å². The summed E-state index contributed by atoms with van der Waals surface area (Å²) in [5.74, 6) is -4.19. The lowest BCUT2D eigenvalue weighted by Gasteiger charge is -2.40. The molecular formula is C42H53F4N3O5. The smallest absolute Gasteiger partial charge is 0.393 e. The molecular weight excluding hydrogens is 702 g/mol. The van der Waals surface area contributed by atoms with Crippen molar-refractivity contribution in [1.82, 2.24) is 15.6 Å². The number of amides is 2. The van der Waals surface area contributed by atoms with Crippen molar-refractivity contribution in [2.75, 3.05) is 0 Å². The van der Waals surface area contributed by atoms with Gasteiger partial charge in [-0.25, -0.2) is 4.39 Å². The number of fused-ring (bicyclic) bond motifs is 3. The molecule has 2 aliphatic rings. The first-order valence-corrected chi connectivity index (χ1v) is 19.3. The van der Waals surface area contributed by atoms with Crippen molar-refractivity contribution in [3.05, 3.63) is 70.7 Å². The summed E-state index contributed by atoms with van der Waals surface area (Å²) in [4.78, 5) is 59.4. The van der Waals surface area contributed by atoms with Gasteiger partial charge < -0.3 is 20.7 Å². The van der Waals surface area contributed by atoms with Crippen molar-refractivity contribution < 1.29 is 41.8 Å². The number of benzene rings is 2. The molecule has 0 radical (unpaired) electrons. The summed E-state index contributed by atoms with van der Waals surface area (Å²) >= 11 is 0. The van der Waals surface area contributed by atoms with Gasteiger partial charge in [0, 0.05) is 54.6 Å². The van der Waals surface area contributed by atoms with Crippen LogP contribution in [0.5, 0.6) is 0 Å². The molecule has 1 saturated carbocycles. The van der Waals surface area contributed by atoms with Gasteiger partial charge in [0.15, 0.2) is 5.78 Å². The Balaban J connectivity index is 1.49. The van der Waals surface area contributed by atoms with Crippen LogP contribution >= 0.6 is 0 Å². The van der Waals surface area contributed by atoms with E-state index in [0.717, 1.165) is 6.07 Å². The van der Waals surface area contributed by atoms with Gasteiger partial charge in [0.25, 0.3) is 0 Å². The Kier molecular flexibility index (Phi) is 13.1. The molecule has 2 aromatic carbocycles. The predicted octanol–water partition coefficient (Wildman–Crippen LogP) is 7.57. The van der Waals surface area contributed by atoms with Crippen LogP contribution in [0.2, 0.25) is 0 Å². The maximum absolute atomic E-state index is 14.9. The first kappa shape index (κ1) is 41.1. The monoisotopic (exact) mass is 755 g/mol. The quantitative estimate of drug-likeness (QED) is 0.119. The average molecular weight is 756 g/mol. The maximum atomic E-state index is 14.9. The lowest BCUT2D eigenvalue weighted by molar-refractivity contribution is -0.139. The minimum atomic E-state index is -4.62. The minimum Gasteiger partial charge on any atom is -0.393 e. The van der Waals surface area contributed by atoms with E-state index in [1.54, 1.807) is 12.1 Å². The van der Waals surface area contributed by atoms with Crippen molar-refractivity contribution in [2.24, 2.45) is 23.7 Å². The number of ketones is 2. The number of aromatic nitrogens is 1. The van der Waals surface area contributed by atoms with Crippen molar-refractivity contribution in [3.8, 4) is 0 Å². The number of H-pyrrole nitrogens is 1. The number of hydrogen-bond donors (Lipinski definition) is 4. The number of nitrogens with one attached hydrogen (secondary N) is 3. The topological polar surface area (TPSA) is 128 Å². The lowest BCUT2D eigenvalue weighted by Crippen LogP contribution is -2.60. The number of rotatable bonds is 15. The highest BCUT2D eigenvalue weighted by Crippen LogP contribution is 2.41. The third kappa shape index (κ3) is 9.24. The van der Waals surface area contributed by atoms with E-state index in [-0.39, 0.29) is 79.2 Å². The van der Waals surface area contributed by atoms with E-state index < -0.39 is 52.7 Å². The Morgan fingerprint density at radius 2 is 1.56 bits per heavy atom. The van der Waals surface area contributed by atoms with Gasteiger partial charge in [-0.15, -0.1) is 0 Å². The molecule has 0 saturated heterocycles. The zero-order valence-electron chi connectivity index (χ0n) is 31.6. The number of aliphatic hydroxyl groups excluding tert-OH is 1. The van der Waals surface area contributed by atoms with E-state index in [9.17, 15) is 41.8 Å². The summed E-state index contributed by atoms with van der Waals surface area (Å²) in [6, 6.07) is 9.70. The summed E-state index contributed by atoms with van der Waals surface area (Å²) in [5, 5.41) is 16.4. The molecule has 2 aliphatic carbocycles. The number of carbonyl (C=O) groups excluding carboxylic acids is 4. The highest BCUT2D eigenvalue weighted by Gasteiger charge is 2.47. The molecule has 2 amide bonds. The van der Waals surface area contributed by atoms with Gasteiger partial charge in [-0.05, 0) is 73.6 Å². The number of Topliss-reactive ketones (excluding diaryl/α,β-unsaturated/α-hetero) is 2. The second-order valence-corrected chi connectivity index (χ2v) is 15.7. The first-order chi connectivity index (χ1) is 25.6. The van der Waals surface area contributed by atoms with Crippen LogP contribution in [0, 0.1) is 29.5 Å².